The average Bonchev–Trinajstić information content (AvgIpc) is 3.39. The van der Waals surface area contributed by atoms with Crippen molar-refractivity contribution in [2.45, 2.75) is 6.92 Å². The van der Waals surface area contributed by atoms with Crippen molar-refractivity contribution in [2.75, 3.05) is 0 Å². The standard InChI is InChI=1S/C22H16N4S2/c1-16(18-11-9-17(14-23)10-12-18)25-26-20(21-8-5-13-27-21)15-28-22(26)24-19-6-3-2-4-7-19/h2-13,15H,1H3. The van der Waals surface area contributed by atoms with Gasteiger partial charge in [-0.1, -0.05) is 36.4 Å². The van der Waals surface area contributed by atoms with Crippen LogP contribution in [0.5, 0.6) is 0 Å². The summed E-state index contributed by atoms with van der Waals surface area (Å²) in [6.07, 6.45) is 0. The Bertz CT molecular complexity index is 1210. The fourth-order valence-corrected chi connectivity index (χ4v) is 4.32. The quantitative estimate of drug-likeness (QED) is 0.408. The predicted molar refractivity (Wildman–Crippen MR) is 116 cm³/mol. The highest BCUT2D eigenvalue weighted by Gasteiger charge is 2.10. The van der Waals surface area contributed by atoms with Crippen LogP contribution in [0.25, 0.3) is 10.6 Å². The zero-order valence-electron chi connectivity index (χ0n) is 15.1. The number of rotatable bonds is 4. The van der Waals surface area contributed by atoms with Crippen molar-refractivity contribution in [3.63, 3.8) is 0 Å². The Morgan fingerprint density at radius 2 is 1.75 bits per heavy atom. The lowest BCUT2D eigenvalue weighted by molar-refractivity contribution is 0.850. The number of hydrogen-bond acceptors (Lipinski definition) is 5. The van der Waals surface area contributed by atoms with Gasteiger partial charge in [-0.05, 0) is 48.2 Å². The second-order valence-electron chi connectivity index (χ2n) is 6.01. The molecule has 136 valence electrons. The van der Waals surface area contributed by atoms with E-state index in [9.17, 15) is 0 Å². The van der Waals surface area contributed by atoms with E-state index in [2.05, 4.69) is 22.9 Å². The van der Waals surface area contributed by atoms with Crippen molar-refractivity contribution in [1.82, 2.24) is 4.68 Å². The van der Waals surface area contributed by atoms with E-state index in [1.54, 1.807) is 22.7 Å². The van der Waals surface area contributed by atoms with E-state index in [0.29, 0.717) is 5.56 Å². The summed E-state index contributed by atoms with van der Waals surface area (Å²) in [5.41, 5.74) is 4.37. The minimum absolute atomic E-state index is 0.638. The number of aromatic nitrogens is 1. The molecule has 4 nitrogen and oxygen atoms in total. The molecule has 4 aromatic rings. The molecule has 0 saturated carbocycles. The summed E-state index contributed by atoms with van der Waals surface area (Å²) in [6.45, 7) is 1.97. The van der Waals surface area contributed by atoms with Crippen LogP contribution in [-0.2, 0) is 0 Å². The van der Waals surface area contributed by atoms with Crippen LogP contribution in [0.4, 0.5) is 5.69 Å². The number of nitriles is 1. The smallest absolute Gasteiger partial charge is 0.211 e. The molecule has 0 unspecified atom stereocenters. The Morgan fingerprint density at radius 3 is 2.43 bits per heavy atom. The summed E-state index contributed by atoms with van der Waals surface area (Å²) in [7, 11) is 0. The van der Waals surface area contributed by atoms with Crippen LogP contribution in [0.2, 0.25) is 0 Å². The van der Waals surface area contributed by atoms with E-state index in [-0.39, 0.29) is 0 Å². The van der Waals surface area contributed by atoms with Crippen LogP contribution in [0.1, 0.15) is 18.1 Å². The monoisotopic (exact) mass is 400 g/mol. The second-order valence-corrected chi connectivity index (χ2v) is 7.80. The van der Waals surface area contributed by atoms with Crippen LogP contribution in [0, 0.1) is 11.3 Å². The summed E-state index contributed by atoms with van der Waals surface area (Å²) < 4.78 is 1.90. The van der Waals surface area contributed by atoms with Crippen LogP contribution in [0.3, 0.4) is 0 Å². The third-order valence-electron chi connectivity index (χ3n) is 4.12. The second kappa shape index (κ2) is 8.17. The van der Waals surface area contributed by atoms with E-state index in [4.69, 9.17) is 15.4 Å². The fourth-order valence-electron chi connectivity index (χ4n) is 2.68. The topological polar surface area (TPSA) is 53.4 Å². The molecule has 0 spiro atoms. The molecule has 28 heavy (non-hydrogen) atoms. The molecule has 0 fully saturated rings. The first-order chi connectivity index (χ1) is 13.7. The van der Waals surface area contributed by atoms with Crippen molar-refractivity contribution in [3.8, 4) is 16.6 Å². The van der Waals surface area contributed by atoms with E-state index >= 15 is 0 Å². The molecule has 0 atom stereocenters. The molecule has 2 heterocycles. The lowest BCUT2D eigenvalue weighted by atomic mass is 10.1. The Labute approximate surface area is 171 Å². The van der Waals surface area contributed by atoms with Gasteiger partial charge in [0.25, 0.3) is 0 Å². The fraction of sp³-hybridized carbons (Fsp3) is 0.0455. The summed E-state index contributed by atoms with van der Waals surface area (Å²) in [5, 5.41) is 18.0. The molecule has 0 aliphatic heterocycles. The van der Waals surface area contributed by atoms with E-state index in [1.165, 1.54) is 0 Å². The Hall–Kier alpha value is -3.27. The van der Waals surface area contributed by atoms with Crippen LogP contribution < -0.4 is 4.80 Å². The molecule has 0 N–H and O–H groups in total. The molecular formula is C22H16N4S2. The van der Waals surface area contributed by atoms with Gasteiger partial charge in [0.15, 0.2) is 0 Å². The SMILES string of the molecule is CC(=Nn1c(-c2cccs2)csc1=Nc1ccccc1)c1ccc(C#N)cc1. The van der Waals surface area contributed by atoms with Gasteiger partial charge in [-0.3, -0.25) is 0 Å². The van der Waals surface area contributed by atoms with Crippen LogP contribution in [0.15, 0.2) is 87.6 Å². The highest BCUT2D eigenvalue weighted by molar-refractivity contribution is 7.14. The van der Waals surface area contributed by atoms with Gasteiger partial charge in [-0.2, -0.15) is 10.4 Å². The molecule has 0 radical (unpaired) electrons. The first-order valence-electron chi connectivity index (χ1n) is 8.65. The van der Waals surface area contributed by atoms with Crippen molar-refractivity contribution in [1.29, 1.82) is 5.26 Å². The van der Waals surface area contributed by atoms with E-state index in [0.717, 1.165) is 32.3 Å². The third kappa shape index (κ3) is 3.86. The molecule has 0 aliphatic rings. The minimum Gasteiger partial charge on any atom is -0.220 e. The van der Waals surface area contributed by atoms with Crippen molar-refractivity contribution < 1.29 is 0 Å². The van der Waals surface area contributed by atoms with Gasteiger partial charge in [0, 0.05) is 5.38 Å². The molecule has 0 amide bonds. The Morgan fingerprint density at radius 1 is 0.964 bits per heavy atom. The van der Waals surface area contributed by atoms with E-state index in [1.807, 2.05) is 72.3 Å². The van der Waals surface area contributed by atoms with E-state index < -0.39 is 0 Å². The molecule has 4 rings (SSSR count). The van der Waals surface area contributed by atoms with Crippen molar-refractivity contribution >= 4 is 34.1 Å². The highest BCUT2D eigenvalue weighted by Crippen LogP contribution is 2.25. The number of hydrogen-bond donors (Lipinski definition) is 0. The minimum atomic E-state index is 0.638. The number of para-hydroxylation sites is 1. The van der Waals surface area contributed by atoms with Crippen molar-refractivity contribution in [3.05, 3.63) is 93.4 Å². The lowest BCUT2D eigenvalue weighted by Crippen LogP contribution is -2.13. The highest BCUT2D eigenvalue weighted by atomic mass is 32.1. The Kier molecular flexibility index (Phi) is 5.29. The molecule has 0 bridgehead atoms. The number of thiophene rings is 1. The summed E-state index contributed by atoms with van der Waals surface area (Å²) in [5.74, 6) is 0. The normalized spacial score (nSPS) is 12.1. The largest absolute Gasteiger partial charge is 0.220 e. The van der Waals surface area contributed by atoms with Gasteiger partial charge in [-0.15, -0.1) is 22.7 Å². The van der Waals surface area contributed by atoms with Crippen molar-refractivity contribution in [2.24, 2.45) is 10.1 Å². The number of thiazole rings is 1. The van der Waals surface area contributed by atoms with Gasteiger partial charge in [-0.25, -0.2) is 9.67 Å². The maximum absolute atomic E-state index is 9.00. The maximum Gasteiger partial charge on any atom is 0.211 e. The van der Waals surface area contributed by atoms with Gasteiger partial charge >= 0.3 is 0 Å². The average molecular weight is 401 g/mol. The molecule has 2 aromatic heterocycles. The molecular weight excluding hydrogens is 384 g/mol. The Balaban J connectivity index is 1.84. The lowest BCUT2D eigenvalue weighted by Gasteiger charge is -2.05. The maximum atomic E-state index is 9.00. The van der Waals surface area contributed by atoms with Gasteiger partial charge in [0.2, 0.25) is 4.80 Å². The summed E-state index contributed by atoms with van der Waals surface area (Å²) in [4.78, 5) is 6.73. The van der Waals surface area contributed by atoms with Gasteiger partial charge < -0.3 is 0 Å². The van der Waals surface area contributed by atoms with Crippen LogP contribution >= 0.6 is 22.7 Å². The van der Waals surface area contributed by atoms with Gasteiger partial charge in [0.1, 0.15) is 0 Å². The van der Waals surface area contributed by atoms with Gasteiger partial charge in [0.05, 0.1) is 33.6 Å². The zero-order chi connectivity index (χ0) is 19.3. The number of benzene rings is 2. The number of nitrogens with zero attached hydrogens (tertiary/aromatic N) is 4. The first-order valence-corrected chi connectivity index (χ1v) is 10.4. The molecule has 6 heteroatoms. The predicted octanol–water partition coefficient (Wildman–Crippen LogP) is 5.65. The molecule has 0 aliphatic carbocycles. The molecule has 2 aromatic carbocycles. The molecule has 0 saturated heterocycles. The van der Waals surface area contributed by atoms with Crippen LogP contribution in [-0.4, -0.2) is 10.4 Å². The zero-order valence-corrected chi connectivity index (χ0v) is 16.7. The summed E-state index contributed by atoms with van der Waals surface area (Å²) >= 11 is 3.24. The third-order valence-corrected chi connectivity index (χ3v) is 5.83. The first kappa shape index (κ1) is 18.1. The summed E-state index contributed by atoms with van der Waals surface area (Å²) in [6, 6.07) is 23.6.